The van der Waals surface area contributed by atoms with Crippen LogP contribution in [-0.2, 0) is 4.79 Å². The predicted molar refractivity (Wildman–Crippen MR) is 59.2 cm³/mol. The lowest BCUT2D eigenvalue weighted by Gasteiger charge is -2.18. The van der Waals surface area contributed by atoms with Crippen molar-refractivity contribution in [1.29, 1.82) is 0 Å². The molecule has 0 aliphatic carbocycles. The second kappa shape index (κ2) is 5.02. The minimum Gasteiger partial charge on any atom is -0.342 e. The molecule has 2 heteroatoms. The van der Waals surface area contributed by atoms with Gasteiger partial charge in [0, 0.05) is 12.7 Å². The van der Waals surface area contributed by atoms with Gasteiger partial charge in [0.2, 0.25) is 0 Å². The molecule has 72 valence electrons. The number of aldehydes is 1. The maximum absolute atomic E-state index is 10.8. The van der Waals surface area contributed by atoms with Gasteiger partial charge in [-0.25, -0.2) is 0 Å². The SMILES string of the molecule is C=CC=C(C=O)N(C)c1ccccc1. The van der Waals surface area contributed by atoms with Gasteiger partial charge in [-0.05, 0) is 18.2 Å². The van der Waals surface area contributed by atoms with Crippen molar-refractivity contribution >= 4 is 12.0 Å². The highest BCUT2D eigenvalue weighted by molar-refractivity contribution is 5.80. The number of likely N-dealkylation sites (N-methyl/N-ethyl adjacent to an activating group) is 1. The number of anilines is 1. The first-order valence-electron chi connectivity index (χ1n) is 4.36. The van der Waals surface area contributed by atoms with Gasteiger partial charge in [-0.2, -0.15) is 0 Å². The highest BCUT2D eigenvalue weighted by Gasteiger charge is 2.03. The van der Waals surface area contributed by atoms with E-state index in [4.69, 9.17) is 0 Å². The van der Waals surface area contributed by atoms with Crippen LogP contribution in [0.1, 0.15) is 0 Å². The Bertz CT molecular complexity index is 341. The summed E-state index contributed by atoms with van der Waals surface area (Å²) in [7, 11) is 1.85. The monoisotopic (exact) mass is 187 g/mol. The molecule has 0 spiro atoms. The summed E-state index contributed by atoms with van der Waals surface area (Å²) in [5, 5.41) is 0. The van der Waals surface area contributed by atoms with E-state index in [9.17, 15) is 4.79 Å². The van der Waals surface area contributed by atoms with E-state index in [0.29, 0.717) is 5.70 Å². The molecule has 0 atom stereocenters. The molecular weight excluding hydrogens is 174 g/mol. The second-order valence-corrected chi connectivity index (χ2v) is 2.84. The molecule has 0 saturated heterocycles. The number of para-hydroxylation sites is 1. The van der Waals surface area contributed by atoms with E-state index >= 15 is 0 Å². The van der Waals surface area contributed by atoms with E-state index in [1.54, 1.807) is 12.2 Å². The molecule has 0 aromatic heterocycles. The number of carbonyl (C=O) groups excluding carboxylic acids is 1. The fourth-order valence-electron chi connectivity index (χ4n) is 1.15. The van der Waals surface area contributed by atoms with E-state index in [1.807, 2.05) is 42.3 Å². The Kier molecular flexibility index (Phi) is 3.68. The molecule has 0 N–H and O–H groups in total. The van der Waals surface area contributed by atoms with Gasteiger partial charge in [0.15, 0.2) is 6.29 Å². The largest absolute Gasteiger partial charge is 0.342 e. The zero-order valence-electron chi connectivity index (χ0n) is 8.18. The number of carbonyl (C=O) groups is 1. The minimum atomic E-state index is 0.589. The van der Waals surface area contributed by atoms with Gasteiger partial charge in [-0.15, -0.1) is 0 Å². The molecule has 1 rings (SSSR count). The first-order chi connectivity index (χ1) is 6.79. The molecule has 1 aromatic carbocycles. The van der Waals surface area contributed by atoms with Crippen molar-refractivity contribution in [3.8, 4) is 0 Å². The van der Waals surface area contributed by atoms with E-state index in [-0.39, 0.29) is 0 Å². The van der Waals surface area contributed by atoms with E-state index in [0.717, 1.165) is 12.0 Å². The predicted octanol–water partition coefficient (Wildman–Crippen LogP) is 2.39. The topological polar surface area (TPSA) is 20.3 Å². The Morgan fingerprint density at radius 2 is 2.00 bits per heavy atom. The number of hydrogen-bond acceptors (Lipinski definition) is 2. The van der Waals surface area contributed by atoms with Crippen LogP contribution in [0, 0.1) is 0 Å². The van der Waals surface area contributed by atoms with Crippen LogP contribution < -0.4 is 4.90 Å². The number of nitrogens with zero attached hydrogens (tertiary/aromatic N) is 1. The Labute approximate surface area is 84.2 Å². The van der Waals surface area contributed by atoms with Crippen LogP contribution in [-0.4, -0.2) is 13.3 Å². The Morgan fingerprint density at radius 1 is 1.36 bits per heavy atom. The fraction of sp³-hybridized carbons (Fsp3) is 0.0833. The van der Waals surface area contributed by atoms with Crippen LogP contribution in [0.4, 0.5) is 5.69 Å². The van der Waals surface area contributed by atoms with Crippen molar-refractivity contribution in [2.45, 2.75) is 0 Å². The molecule has 1 aromatic rings. The number of allylic oxidation sites excluding steroid dienone is 3. The van der Waals surface area contributed by atoms with Crippen LogP contribution >= 0.6 is 0 Å². The van der Waals surface area contributed by atoms with Crippen molar-refractivity contribution < 1.29 is 4.79 Å². The summed E-state index contributed by atoms with van der Waals surface area (Å²) >= 11 is 0. The Morgan fingerprint density at radius 3 is 2.50 bits per heavy atom. The summed E-state index contributed by atoms with van der Waals surface area (Å²) in [6.07, 6.45) is 4.10. The molecule has 0 fully saturated rings. The highest BCUT2D eigenvalue weighted by atomic mass is 16.1. The van der Waals surface area contributed by atoms with E-state index < -0.39 is 0 Å². The van der Waals surface area contributed by atoms with Gasteiger partial charge in [0.25, 0.3) is 0 Å². The molecule has 0 aliphatic heterocycles. The molecule has 0 heterocycles. The quantitative estimate of drug-likeness (QED) is 0.410. The van der Waals surface area contributed by atoms with Gasteiger partial charge in [0.1, 0.15) is 0 Å². The molecule has 0 saturated carbocycles. The second-order valence-electron chi connectivity index (χ2n) is 2.84. The summed E-state index contributed by atoms with van der Waals surface area (Å²) in [5.74, 6) is 0. The third kappa shape index (κ3) is 2.33. The number of rotatable bonds is 4. The lowest BCUT2D eigenvalue weighted by atomic mass is 10.2. The van der Waals surface area contributed by atoms with Gasteiger partial charge in [-0.1, -0.05) is 30.9 Å². The Balaban J connectivity index is 2.94. The third-order valence-corrected chi connectivity index (χ3v) is 1.94. The van der Waals surface area contributed by atoms with Crippen LogP contribution in [0.3, 0.4) is 0 Å². The maximum atomic E-state index is 10.8. The summed E-state index contributed by atoms with van der Waals surface area (Å²) in [6.45, 7) is 3.56. The van der Waals surface area contributed by atoms with Gasteiger partial charge < -0.3 is 4.90 Å². The van der Waals surface area contributed by atoms with Crippen LogP contribution in [0.15, 0.2) is 54.8 Å². The summed E-state index contributed by atoms with van der Waals surface area (Å²) < 4.78 is 0. The van der Waals surface area contributed by atoms with Crippen molar-refractivity contribution in [3.05, 3.63) is 54.8 Å². The van der Waals surface area contributed by atoms with Crippen molar-refractivity contribution in [2.75, 3.05) is 11.9 Å². The smallest absolute Gasteiger partial charge is 0.166 e. The first-order valence-corrected chi connectivity index (χ1v) is 4.36. The average Bonchev–Trinajstić information content (AvgIpc) is 2.26. The standard InChI is InChI=1S/C12H13NO/c1-3-7-12(10-14)13(2)11-8-5-4-6-9-11/h3-10H,1H2,2H3. The third-order valence-electron chi connectivity index (χ3n) is 1.94. The lowest BCUT2D eigenvalue weighted by Crippen LogP contribution is -2.16. The van der Waals surface area contributed by atoms with E-state index in [1.165, 1.54) is 0 Å². The molecule has 0 aliphatic rings. The lowest BCUT2D eigenvalue weighted by molar-refractivity contribution is -0.104. The zero-order valence-corrected chi connectivity index (χ0v) is 8.18. The van der Waals surface area contributed by atoms with E-state index in [2.05, 4.69) is 6.58 Å². The highest BCUT2D eigenvalue weighted by Crippen LogP contribution is 2.14. The van der Waals surface area contributed by atoms with Crippen LogP contribution in [0.25, 0.3) is 0 Å². The van der Waals surface area contributed by atoms with Crippen molar-refractivity contribution in [1.82, 2.24) is 0 Å². The average molecular weight is 187 g/mol. The number of hydrogen-bond donors (Lipinski definition) is 0. The molecule has 0 radical (unpaired) electrons. The number of benzene rings is 1. The van der Waals surface area contributed by atoms with Crippen LogP contribution in [0.2, 0.25) is 0 Å². The maximum Gasteiger partial charge on any atom is 0.166 e. The molecule has 0 bridgehead atoms. The van der Waals surface area contributed by atoms with Crippen molar-refractivity contribution in [3.63, 3.8) is 0 Å². The summed E-state index contributed by atoms with van der Waals surface area (Å²) in [5.41, 5.74) is 1.57. The molecular formula is C12H13NO. The molecule has 0 amide bonds. The van der Waals surface area contributed by atoms with Crippen molar-refractivity contribution in [2.24, 2.45) is 0 Å². The van der Waals surface area contributed by atoms with Gasteiger partial charge >= 0.3 is 0 Å². The first kappa shape index (κ1) is 10.3. The molecule has 0 unspecified atom stereocenters. The molecule has 2 nitrogen and oxygen atoms in total. The zero-order chi connectivity index (χ0) is 10.4. The van der Waals surface area contributed by atoms with Gasteiger partial charge in [-0.3, -0.25) is 4.79 Å². The normalized spacial score (nSPS) is 10.8. The van der Waals surface area contributed by atoms with Gasteiger partial charge in [0.05, 0.1) is 5.70 Å². The fourth-order valence-corrected chi connectivity index (χ4v) is 1.15. The summed E-state index contributed by atoms with van der Waals surface area (Å²) in [4.78, 5) is 12.6. The Hall–Kier alpha value is -1.83. The molecule has 14 heavy (non-hydrogen) atoms. The minimum absolute atomic E-state index is 0.589. The van der Waals surface area contributed by atoms with Crippen LogP contribution in [0.5, 0.6) is 0 Å². The summed E-state index contributed by atoms with van der Waals surface area (Å²) in [6, 6.07) is 9.69.